The molecule has 0 N–H and O–H groups in total. The number of benzene rings is 2. The first kappa shape index (κ1) is 21.9. The Kier molecular flexibility index (Phi) is 6.96. The van der Waals surface area contributed by atoms with Crippen molar-refractivity contribution in [3.63, 3.8) is 0 Å². The molecule has 4 aromatic rings. The Labute approximate surface area is 195 Å². The molecule has 6 heteroatoms. The Balaban J connectivity index is 1.48. The smallest absolute Gasteiger partial charge is 0.314 e. The van der Waals surface area contributed by atoms with Crippen LogP contribution in [0.3, 0.4) is 0 Å². The summed E-state index contributed by atoms with van der Waals surface area (Å²) >= 11 is 9.29. The van der Waals surface area contributed by atoms with E-state index in [0.29, 0.717) is 5.02 Å². The van der Waals surface area contributed by atoms with Gasteiger partial charge in [0.2, 0.25) is 0 Å². The number of hydrogen-bond acceptors (Lipinski definition) is 5. The summed E-state index contributed by atoms with van der Waals surface area (Å²) in [5.74, 6) is -0.444. The number of nitrogens with zero attached hydrogens (tertiary/aromatic N) is 1. The van der Waals surface area contributed by atoms with Gasteiger partial charge >= 0.3 is 5.97 Å². The fraction of sp³-hybridized carbons (Fsp3) is 0.200. The molecule has 0 aliphatic heterocycles. The van der Waals surface area contributed by atoms with Crippen LogP contribution in [0.25, 0.3) is 10.8 Å². The summed E-state index contributed by atoms with van der Waals surface area (Å²) in [4.78, 5) is 19.8. The largest absolute Gasteiger partial charge is 0.459 e. The summed E-state index contributed by atoms with van der Waals surface area (Å²) in [7, 11) is 0. The Bertz CT molecular complexity index is 1190. The van der Waals surface area contributed by atoms with E-state index in [0.717, 1.165) is 31.3 Å². The number of carbonyl (C=O) groups excluding carboxylic acids is 1. The Morgan fingerprint density at radius 3 is 2.68 bits per heavy atom. The van der Waals surface area contributed by atoms with Gasteiger partial charge in [0, 0.05) is 14.8 Å². The zero-order chi connectivity index (χ0) is 21.8. The maximum Gasteiger partial charge on any atom is 0.314 e. The molecule has 31 heavy (non-hydrogen) atoms. The van der Waals surface area contributed by atoms with Crippen molar-refractivity contribution in [3.8, 4) is 0 Å². The molecule has 2 aromatic carbocycles. The van der Waals surface area contributed by atoms with Crippen LogP contribution in [0.2, 0.25) is 5.02 Å². The summed E-state index contributed by atoms with van der Waals surface area (Å²) in [6.07, 6.45) is 0. The normalized spacial score (nSPS) is 12.3. The summed E-state index contributed by atoms with van der Waals surface area (Å²) in [6, 6.07) is 21.7. The third-order valence-corrected chi connectivity index (χ3v) is 7.18. The lowest BCUT2D eigenvalue weighted by molar-refractivity contribution is -0.148. The highest BCUT2D eigenvalue weighted by atomic mass is 35.5. The molecule has 2 aromatic heterocycles. The molecular formula is C25H22ClNO2S2. The van der Waals surface area contributed by atoms with Gasteiger partial charge in [-0.3, -0.25) is 4.79 Å². The van der Waals surface area contributed by atoms with Crippen molar-refractivity contribution >= 4 is 51.4 Å². The number of ether oxygens (including phenoxy) is 1. The Hall–Kier alpha value is -2.34. The van der Waals surface area contributed by atoms with Crippen LogP contribution in [0.4, 0.5) is 0 Å². The van der Waals surface area contributed by atoms with Gasteiger partial charge in [-0.15, -0.1) is 11.3 Å². The summed E-state index contributed by atoms with van der Waals surface area (Å²) < 4.78 is 5.72. The van der Waals surface area contributed by atoms with E-state index in [1.165, 1.54) is 0 Å². The van der Waals surface area contributed by atoms with Crippen molar-refractivity contribution in [3.05, 3.63) is 87.7 Å². The number of esters is 1. The van der Waals surface area contributed by atoms with Crippen LogP contribution in [-0.4, -0.2) is 11.0 Å². The van der Waals surface area contributed by atoms with Gasteiger partial charge in [-0.05, 0) is 58.5 Å². The van der Waals surface area contributed by atoms with Crippen LogP contribution in [0.1, 0.15) is 30.3 Å². The minimum Gasteiger partial charge on any atom is -0.459 e. The maximum absolute atomic E-state index is 13.1. The molecule has 0 saturated carbocycles. The van der Waals surface area contributed by atoms with E-state index in [1.807, 2.05) is 86.0 Å². The van der Waals surface area contributed by atoms with Crippen LogP contribution in [0, 0.1) is 5.92 Å². The number of pyridine rings is 1. The molecule has 0 aliphatic carbocycles. The quantitative estimate of drug-likeness (QED) is 0.262. The number of carbonyl (C=O) groups is 1. The third kappa shape index (κ3) is 5.29. The Morgan fingerprint density at radius 1 is 1.10 bits per heavy atom. The molecule has 3 nitrogen and oxygen atoms in total. The van der Waals surface area contributed by atoms with Crippen LogP contribution in [-0.2, 0) is 16.1 Å². The second kappa shape index (κ2) is 9.86. The minimum atomic E-state index is -0.328. The second-order valence-corrected chi connectivity index (χ2v) is 9.98. The van der Waals surface area contributed by atoms with Gasteiger partial charge in [0.1, 0.15) is 11.6 Å². The molecule has 0 bridgehead atoms. The van der Waals surface area contributed by atoms with E-state index in [9.17, 15) is 4.79 Å². The van der Waals surface area contributed by atoms with Crippen molar-refractivity contribution in [1.82, 2.24) is 4.98 Å². The zero-order valence-corrected chi connectivity index (χ0v) is 19.6. The molecule has 0 fully saturated rings. The fourth-order valence-electron chi connectivity index (χ4n) is 3.41. The van der Waals surface area contributed by atoms with E-state index < -0.39 is 0 Å². The van der Waals surface area contributed by atoms with Gasteiger partial charge in [0.25, 0.3) is 0 Å². The summed E-state index contributed by atoms with van der Waals surface area (Å²) in [6.45, 7) is 4.24. The number of halogens is 1. The van der Waals surface area contributed by atoms with E-state index >= 15 is 0 Å². The van der Waals surface area contributed by atoms with E-state index in [1.54, 1.807) is 23.1 Å². The van der Waals surface area contributed by atoms with Gasteiger partial charge in [-0.25, -0.2) is 4.98 Å². The minimum absolute atomic E-state index is 0.109. The lowest BCUT2D eigenvalue weighted by Crippen LogP contribution is -2.20. The van der Waals surface area contributed by atoms with Gasteiger partial charge in [0.05, 0.1) is 11.6 Å². The van der Waals surface area contributed by atoms with Gasteiger partial charge < -0.3 is 4.74 Å². The zero-order valence-electron chi connectivity index (χ0n) is 17.2. The standard InChI is InChI=1S/C25H22ClNO2S2/c1-16(2)23(24-21-12-11-18(26)13-17(21)15-30-24)25(28)29-14-19-7-6-10-22(27-19)31-20-8-4-3-5-9-20/h3-13,15-16,23H,14H2,1-2H3. The molecule has 0 saturated heterocycles. The summed E-state index contributed by atoms with van der Waals surface area (Å²) in [5.41, 5.74) is 0.736. The molecule has 2 heterocycles. The number of fused-ring (bicyclic) bond motifs is 1. The lowest BCUT2D eigenvalue weighted by atomic mass is 9.92. The first-order chi connectivity index (χ1) is 15.0. The number of thiophene rings is 1. The topological polar surface area (TPSA) is 39.2 Å². The SMILES string of the molecule is CC(C)C(C(=O)OCc1cccc(Sc2ccccc2)n1)c1scc2cc(Cl)ccc12. The van der Waals surface area contributed by atoms with Crippen molar-refractivity contribution in [2.45, 2.75) is 36.3 Å². The van der Waals surface area contributed by atoms with Crippen LogP contribution < -0.4 is 0 Å². The predicted octanol–water partition coefficient (Wildman–Crippen LogP) is 7.58. The first-order valence-electron chi connectivity index (χ1n) is 10.0. The highest BCUT2D eigenvalue weighted by Gasteiger charge is 2.29. The molecule has 1 unspecified atom stereocenters. The number of aromatic nitrogens is 1. The van der Waals surface area contributed by atoms with Crippen LogP contribution >= 0.6 is 34.7 Å². The van der Waals surface area contributed by atoms with Crippen molar-refractivity contribution in [1.29, 1.82) is 0 Å². The highest BCUT2D eigenvalue weighted by Crippen LogP contribution is 2.38. The van der Waals surface area contributed by atoms with E-state index in [-0.39, 0.29) is 24.4 Å². The molecule has 4 rings (SSSR count). The molecule has 0 amide bonds. The maximum atomic E-state index is 13.1. The summed E-state index contributed by atoms with van der Waals surface area (Å²) in [5, 5.41) is 5.73. The van der Waals surface area contributed by atoms with Gasteiger partial charge in [0.15, 0.2) is 0 Å². The fourth-order valence-corrected chi connectivity index (χ4v) is 5.71. The number of hydrogen-bond donors (Lipinski definition) is 0. The lowest BCUT2D eigenvalue weighted by Gasteiger charge is -2.19. The average Bonchev–Trinajstić information content (AvgIpc) is 3.15. The van der Waals surface area contributed by atoms with Crippen LogP contribution in [0.15, 0.2) is 82.0 Å². The first-order valence-corrected chi connectivity index (χ1v) is 12.1. The second-order valence-electron chi connectivity index (χ2n) is 7.54. The molecule has 0 spiro atoms. The molecule has 0 aliphatic rings. The van der Waals surface area contributed by atoms with E-state index in [4.69, 9.17) is 16.3 Å². The van der Waals surface area contributed by atoms with Gasteiger partial charge in [-0.2, -0.15) is 0 Å². The van der Waals surface area contributed by atoms with Crippen molar-refractivity contribution < 1.29 is 9.53 Å². The third-order valence-electron chi connectivity index (χ3n) is 4.90. The molecule has 1 atom stereocenters. The van der Waals surface area contributed by atoms with Gasteiger partial charge in [-0.1, -0.05) is 67.5 Å². The molecule has 0 radical (unpaired) electrons. The monoisotopic (exact) mass is 467 g/mol. The van der Waals surface area contributed by atoms with Crippen molar-refractivity contribution in [2.24, 2.45) is 5.92 Å². The molecular weight excluding hydrogens is 446 g/mol. The molecule has 158 valence electrons. The number of rotatable bonds is 7. The predicted molar refractivity (Wildman–Crippen MR) is 129 cm³/mol. The van der Waals surface area contributed by atoms with E-state index in [2.05, 4.69) is 4.98 Å². The average molecular weight is 468 g/mol. The Morgan fingerprint density at radius 2 is 1.90 bits per heavy atom. The van der Waals surface area contributed by atoms with Crippen molar-refractivity contribution in [2.75, 3.05) is 0 Å². The van der Waals surface area contributed by atoms with Crippen LogP contribution in [0.5, 0.6) is 0 Å². The highest BCUT2D eigenvalue weighted by molar-refractivity contribution is 7.99.